The molecule has 1 aromatic heterocycles. The van der Waals surface area contributed by atoms with Gasteiger partial charge in [-0.15, -0.1) is 0 Å². The number of rotatable bonds is 12. The van der Waals surface area contributed by atoms with Crippen LogP contribution in [0.25, 0.3) is 0 Å². The number of hydrogen-bond donors (Lipinski definition) is 3. The second kappa shape index (κ2) is 25.0. The predicted molar refractivity (Wildman–Crippen MR) is 275 cm³/mol. The molecule has 3 saturated heterocycles. The molecule has 0 unspecified atom stereocenters. The fourth-order valence-electron chi connectivity index (χ4n) is 8.91. The van der Waals surface area contributed by atoms with Gasteiger partial charge in [0.15, 0.2) is 29.0 Å². The number of nitriles is 1. The Labute approximate surface area is 410 Å². The molecule has 4 heterocycles. The van der Waals surface area contributed by atoms with Gasteiger partial charge in [0.1, 0.15) is 0 Å². The highest BCUT2D eigenvalue weighted by atomic mass is 19.2. The summed E-state index contributed by atoms with van der Waals surface area (Å²) < 4.78 is 26.3. The standard InChI is InChI=1S/C20H21N3O.C19H20F2N2O.C18H21N3O/c1-23-11-9-16(10-12-23)20(24)17-3-2-4-19(13-17)22-18-7-5-15(14-21)6-8-18;1-23-9-7-13(8-10-23)19(24)14-3-2-4-15(11-14)22-16-5-6-17(20)18(21)12-16;1-21-11-7-14(8-12-21)18(22)15-3-2-4-17(13-15)20-16-5-9-19-10-6-16/h2-8,13,16,22H,9-12H2,1H3;2-6,11-13,22H,7-10H2,1H3;2-6,9-10,13-14H,7-8,11-12H2,1H3,(H,19,20). The Morgan fingerprint density at radius 1 is 0.471 bits per heavy atom. The van der Waals surface area contributed by atoms with Gasteiger partial charge in [-0.05, 0) is 184 Å². The van der Waals surface area contributed by atoms with E-state index in [1.54, 1.807) is 48.8 Å². The number of nitrogens with one attached hydrogen (secondary N) is 3. The minimum atomic E-state index is -0.904. The van der Waals surface area contributed by atoms with Crippen LogP contribution in [0.1, 0.15) is 75.2 Å². The summed E-state index contributed by atoms with van der Waals surface area (Å²) in [4.78, 5) is 48.8. The van der Waals surface area contributed by atoms with Crippen molar-refractivity contribution in [2.75, 3.05) is 76.4 Å². The van der Waals surface area contributed by atoms with Gasteiger partial charge in [-0.2, -0.15) is 5.26 Å². The Kier molecular flexibility index (Phi) is 18.1. The van der Waals surface area contributed by atoms with E-state index in [-0.39, 0.29) is 35.1 Å². The zero-order valence-electron chi connectivity index (χ0n) is 40.2. The molecule has 13 heteroatoms. The summed E-state index contributed by atoms with van der Waals surface area (Å²) in [6, 6.07) is 39.4. The largest absolute Gasteiger partial charge is 0.356 e. The highest BCUT2D eigenvalue weighted by molar-refractivity contribution is 6.00. The summed E-state index contributed by atoms with van der Waals surface area (Å²) in [7, 11) is 6.27. The van der Waals surface area contributed by atoms with Gasteiger partial charge >= 0.3 is 0 Å². The number of hydrogen-bond acceptors (Lipinski definition) is 11. The molecular weight excluding hydrogens is 883 g/mol. The molecule has 0 spiro atoms. The second-order valence-corrected chi connectivity index (χ2v) is 18.5. The van der Waals surface area contributed by atoms with Crippen molar-refractivity contribution in [1.29, 1.82) is 5.26 Å². The minimum absolute atomic E-state index is 0.0553. The summed E-state index contributed by atoms with van der Waals surface area (Å²) in [6.07, 6.45) is 9.01. The summed E-state index contributed by atoms with van der Waals surface area (Å²) >= 11 is 0. The quantitative estimate of drug-likeness (QED) is 0.101. The lowest BCUT2D eigenvalue weighted by Crippen LogP contribution is -2.33. The molecule has 0 bridgehead atoms. The van der Waals surface area contributed by atoms with Crippen LogP contribution in [0, 0.1) is 40.7 Å². The lowest BCUT2D eigenvalue weighted by atomic mass is 9.89. The number of anilines is 6. The molecule has 70 heavy (non-hydrogen) atoms. The van der Waals surface area contributed by atoms with Gasteiger partial charge in [-0.3, -0.25) is 19.4 Å². The van der Waals surface area contributed by atoms with Gasteiger partial charge in [-0.1, -0.05) is 36.4 Å². The number of benzene rings is 5. The predicted octanol–water partition coefficient (Wildman–Crippen LogP) is 11.4. The first-order valence-electron chi connectivity index (χ1n) is 24.1. The average Bonchev–Trinajstić information content (AvgIpc) is 3.39. The molecule has 3 fully saturated rings. The normalized spacial score (nSPS) is 16.1. The molecule has 0 atom stereocenters. The van der Waals surface area contributed by atoms with Crippen LogP contribution < -0.4 is 16.0 Å². The molecule has 11 nitrogen and oxygen atoms in total. The fourth-order valence-corrected chi connectivity index (χ4v) is 8.91. The summed E-state index contributed by atoms with van der Waals surface area (Å²) in [5, 5.41) is 18.5. The van der Waals surface area contributed by atoms with Gasteiger partial charge in [0, 0.05) is 87.0 Å². The van der Waals surface area contributed by atoms with E-state index in [1.165, 1.54) is 6.07 Å². The molecule has 0 aliphatic carbocycles. The van der Waals surface area contributed by atoms with E-state index < -0.39 is 11.6 Å². The van der Waals surface area contributed by atoms with E-state index in [0.29, 0.717) is 22.5 Å². The maximum atomic E-state index is 13.3. The summed E-state index contributed by atoms with van der Waals surface area (Å²) in [5.41, 5.74) is 7.67. The topological polar surface area (TPSA) is 134 Å². The first kappa shape index (κ1) is 50.8. The molecule has 0 saturated carbocycles. The number of nitrogens with zero attached hydrogens (tertiary/aromatic N) is 5. The molecule has 3 aliphatic rings. The number of ketones is 3. The van der Waals surface area contributed by atoms with Crippen LogP contribution in [0.15, 0.2) is 140 Å². The first-order valence-corrected chi connectivity index (χ1v) is 24.1. The third kappa shape index (κ3) is 14.7. The van der Waals surface area contributed by atoms with Crippen LogP contribution >= 0.6 is 0 Å². The van der Waals surface area contributed by atoms with Crippen molar-refractivity contribution in [3.8, 4) is 6.07 Å². The monoisotopic (exact) mass is 944 g/mol. The van der Waals surface area contributed by atoms with Gasteiger partial charge in [0.2, 0.25) is 0 Å². The van der Waals surface area contributed by atoms with Crippen LogP contribution in [-0.2, 0) is 0 Å². The van der Waals surface area contributed by atoms with Crippen molar-refractivity contribution in [2.24, 2.45) is 17.8 Å². The highest BCUT2D eigenvalue weighted by Crippen LogP contribution is 2.28. The molecule has 362 valence electrons. The zero-order chi connectivity index (χ0) is 49.4. The number of pyridine rings is 1. The van der Waals surface area contributed by atoms with E-state index in [0.717, 1.165) is 124 Å². The molecule has 0 radical (unpaired) electrons. The number of carbonyl (C=O) groups is 3. The van der Waals surface area contributed by atoms with Crippen LogP contribution in [0.3, 0.4) is 0 Å². The van der Waals surface area contributed by atoms with E-state index in [4.69, 9.17) is 5.26 Å². The molecule has 6 aromatic rings. The fraction of sp³-hybridized carbons (Fsp3) is 0.316. The minimum Gasteiger partial charge on any atom is -0.356 e. The maximum Gasteiger partial charge on any atom is 0.166 e. The van der Waals surface area contributed by atoms with Gasteiger partial charge in [0.05, 0.1) is 11.6 Å². The number of Topliss-reactive ketones (excluding diaryl/α,β-unsaturated/α-hetero) is 3. The maximum absolute atomic E-state index is 13.3. The lowest BCUT2D eigenvalue weighted by Gasteiger charge is -2.28. The smallest absolute Gasteiger partial charge is 0.166 e. The lowest BCUT2D eigenvalue weighted by molar-refractivity contribution is 0.0850. The Bertz CT molecular complexity index is 2720. The summed E-state index contributed by atoms with van der Waals surface area (Å²) in [6.45, 7) is 5.85. The van der Waals surface area contributed by atoms with E-state index in [2.05, 4.69) is 62.8 Å². The Balaban J connectivity index is 0.000000155. The number of aromatic nitrogens is 1. The number of likely N-dealkylation sites (tertiary alicyclic amines) is 3. The summed E-state index contributed by atoms with van der Waals surface area (Å²) in [5.74, 6) is -0.779. The molecular formula is C57H62F2N8O3. The van der Waals surface area contributed by atoms with Gasteiger partial charge in [-0.25, -0.2) is 8.78 Å². The van der Waals surface area contributed by atoms with Gasteiger partial charge < -0.3 is 30.7 Å². The van der Waals surface area contributed by atoms with Crippen molar-refractivity contribution < 1.29 is 23.2 Å². The highest BCUT2D eigenvalue weighted by Gasteiger charge is 2.27. The zero-order valence-corrected chi connectivity index (χ0v) is 40.2. The molecule has 9 rings (SSSR count). The third-order valence-corrected chi connectivity index (χ3v) is 13.2. The van der Waals surface area contributed by atoms with Crippen LogP contribution in [0.5, 0.6) is 0 Å². The SMILES string of the molecule is CN1CCC(C(=O)c2cccc(Nc3ccc(C#N)cc3)c2)CC1.CN1CCC(C(=O)c2cccc(Nc3ccc(F)c(F)c3)c2)CC1.CN1CCC(C(=O)c2cccc(Nc3ccncc3)c2)CC1. The third-order valence-electron chi connectivity index (χ3n) is 13.2. The molecule has 5 aromatic carbocycles. The first-order chi connectivity index (χ1) is 33.9. The number of carbonyl (C=O) groups excluding carboxylic acids is 3. The van der Waals surface area contributed by atoms with Crippen LogP contribution in [0.4, 0.5) is 42.9 Å². The van der Waals surface area contributed by atoms with Crippen molar-refractivity contribution in [1.82, 2.24) is 19.7 Å². The molecule has 3 N–H and O–H groups in total. The Hall–Kier alpha value is -7.11. The Morgan fingerprint density at radius 3 is 1.19 bits per heavy atom. The number of piperidine rings is 3. The van der Waals surface area contributed by atoms with Crippen molar-refractivity contribution in [3.05, 3.63) is 174 Å². The van der Waals surface area contributed by atoms with Crippen molar-refractivity contribution in [2.45, 2.75) is 38.5 Å². The van der Waals surface area contributed by atoms with Gasteiger partial charge in [0.25, 0.3) is 0 Å². The van der Waals surface area contributed by atoms with Crippen molar-refractivity contribution >= 4 is 51.5 Å². The molecule has 0 amide bonds. The van der Waals surface area contributed by atoms with E-state index in [1.807, 2.05) is 72.8 Å². The van der Waals surface area contributed by atoms with Crippen LogP contribution in [0.2, 0.25) is 0 Å². The second-order valence-electron chi connectivity index (χ2n) is 18.5. The van der Waals surface area contributed by atoms with E-state index in [9.17, 15) is 23.2 Å². The van der Waals surface area contributed by atoms with Crippen LogP contribution in [-0.4, -0.2) is 97.4 Å². The van der Waals surface area contributed by atoms with E-state index >= 15 is 0 Å². The molecule has 3 aliphatic heterocycles. The van der Waals surface area contributed by atoms with Crippen molar-refractivity contribution in [3.63, 3.8) is 0 Å². The Morgan fingerprint density at radius 2 is 0.814 bits per heavy atom. The average molecular weight is 945 g/mol. The number of halogens is 2.